The Morgan fingerprint density at radius 2 is 0.500 bits per heavy atom. The average molecular weight is 451 g/mol. The maximum Gasteiger partial charge on any atom is -0.0443 e. The van der Waals surface area contributed by atoms with E-state index in [1.54, 1.807) is 0 Å². The lowest BCUT2D eigenvalue weighted by Gasteiger charge is -2.14. The Hall–Kier alpha value is 0. The van der Waals surface area contributed by atoms with Crippen LogP contribution in [0.25, 0.3) is 0 Å². The molecule has 2 unspecified atom stereocenters. The molecule has 0 aromatic rings. The standard InChI is InChI=1S/C32H66/c1-5-7-9-10-11-12-13-14-15-16-17-18-19-20-21-22-23-25-28-32(4)30-26-29-31(3)27-24-8-6-2/h31-32H,5-30H2,1-4H3. The van der Waals surface area contributed by atoms with Crippen LogP contribution >= 0.6 is 0 Å². The fourth-order valence-corrected chi connectivity index (χ4v) is 5.24. The summed E-state index contributed by atoms with van der Waals surface area (Å²) in [6.07, 6.45) is 38.2. The van der Waals surface area contributed by atoms with Crippen molar-refractivity contribution >= 4 is 0 Å². The third-order valence-electron chi connectivity index (χ3n) is 7.74. The van der Waals surface area contributed by atoms with Crippen LogP contribution in [-0.4, -0.2) is 0 Å². The highest BCUT2D eigenvalue weighted by molar-refractivity contribution is 4.59. The van der Waals surface area contributed by atoms with Crippen molar-refractivity contribution in [2.75, 3.05) is 0 Å². The normalized spacial score (nSPS) is 13.5. The Morgan fingerprint density at radius 1 is 0.281 bits per heavy atom. The first-order valence-electron chi connectivity index (χ1n) is 15.7. The molecule has 0 bridgehead atoms. The summed E-state index contributed by atoms with van der Waals surface area (Å²) in [5.74, 6) is 1.91. The topological polar surface area (TPSA) is 0 Å². The van der Waals surface area contributed by atoms with Crippen LogP contribution in [0.15, 0.2) is 0 Å². The van der Waals surface area contributed by atoms with Crippen molar-refractivity contribution < 1.29 is 0 Å². The Bertz CT molecular complexity index is 320. The van der Waals surface area contributed by atoms with Crippen molar-refractivity contribution in [2.45, 2.75) is 195 Å². The molecule has 0 radical (unpaired) electrons. The molecule has 0 aliphatic carbocycles. The molecule has 0 N–H and O–H groups in total. The zero-order chi connectivity index (χ0) is 23.5. The molecule has 0 aliphatic rings. The zero-order valence-corrected chi connectivity index (χ0v) is 23.5. The van der Waals surface area contributed by atoms with Gasteiger partial charge in [-0.15, -0.1) is 0 Å². The summed E-state index contributed by atoms with van der Waals surface area (Å²) in [4.78, 5) is 0. The van der Waals surface area contributed by atoms with Crippen molar-refractivity contribution in [1.82, 2.24) is 0 Å². The third kappa shape index (κ3) is 26.3. The minimum Gasteiger partial charge on any atom is -0.0654 e. The summed E-state index contributed by atoms with van der Waals surface area (Å²) in [5, 5.41) is 0. The van der Waals surface area contributed by atoms with Gasteiger partial charge >= 0.3 is 0 Å². The van der Waals surface area contributed by atoms with E-state index < -0.39 is 0 Å². The number of hydrogen-bond donors (Lipinski definition) is 0. The molecule has 0 spiro atoms. The highest BCUT2D eigenvalue weighted by atomic mass is 14.1. The fraction of sp³-hybridized carbons (Fsp3) is 1.00. The lowest BCUT2D eigenvalue weighted by atomic mass is 9.92. The molecule has 0 heteroatoms. The number of rotatable bonds is 27. The summed E-state index contributed by atoms with van der Waals surface area (Å²) >= 11 is 0. The van der Waals surface area contributed by atoms with E-state index in [0.29, 0.717) is 0 Å². The maximum atomic E-state index is 2.50. The quantitative estimate of drug-likeness (QED) is 0.109. The zero-order valence-electron chi connectivity index (χ0n) is 23.5. The van der Waals surface area contributed by atoms with Gasteiger partial charge in [0.2, 0.25) is 0 Å². The van der Waals surface area contributed by atoms with Gasteiger partial charge in [0.15, 0.2) is 0 Å². The first kappa shape index (κ1) is 32.0. The number of hydrogen-bond acceptors (Lipinski definition) is 0. The van der Waals surface area contributed by atoms with Crippen LogP contribution in [-0.2, 0) is 0 Å². The van der Waals surface area contributed by atoms with Crippen LogP contribution in [0, 0.1) is 11.8 Å². The molecule has 0 fully saturated rings. The Balaban J connectivity index is 3.18. The highest BCUT2D eigenvalue weighted by Gasteiger charge is 2.05. The van der Waals surface area contributed by atoms with Crippen molar-refractivity contribution in [3.63, 3.8) is 0 Å². The molecule has 0 saturated heterocycles. The van der Waals surface area contributed by atoms with Gasteiger partial charge in [0.25, 0.3) is 0 Å². The summed E-state index contributed by atoms with van der Waals surface area (Å²) < 4.78 is 0. The first-order chi connectivity index (χ1) is 15.7. The van der Waals surface area contributed by atoms with Crippen LogP contribution in [0.4, 0.5) is 0 Å². The van der Waals surface area contributed by atoms with Gasteiger partial charge in [-0.05, 0) is 11.8 Å². The van der Waals surface area contributed by atoms with Crippen LogP contribution in [0.2, 0.25) is 0 Å². The van der Waals surface area contributed by atoms with Gasteiger partial charge in [-0.3, -0.25) is 0 Å². The fourth-order valence-electron chi connectivity index (χ4n) is 5.24. The van der Waals surface area contributed by atoms with Gasteiger partial charge in [0.1, 0.15) is 0 Å². The molecular formula is C32H66. The Labute approximate surface area is 206 Å². The van der Waals surface area contributed by atoms with Gasteiger partial charge in [-0.1, -0.05) is 195 Å². The second-order valence-electron chi connectivity index (χ2n) is 11.4. The third-order valence-corrected chi connectivity index (χ3v) is 7.74. The summed E-state index contributed by atoms with van der Waals surface area (Å²) in [6.45, 7) is 9.58. The van der Waals surface area contributed by atoms with Crippen molar-refractivity contribution in [3.8, 4) is 0 Å². The Morgan fingerprint density at radius 3 is 0.844 bits per heavy atom. The second kappa shape index (κ2) is 27.2. The molecule has 0 aromatic carbocycles. The van der Waals surface area contributed by atoms with Gasteiger partial charge in [-0.2, -0.15) is 0 Å². The molecule has 0 saturated carbocycles. The van der Waals surface area contributed by atoms with Gasteiger partial charge in [0.05, 0.1) is 0 Å². The smallest absolute Gasteiger partial charge is 0.0443 e. The van der Waals surface area contributed by atoms with Crippen LogP contribution in [0.3, 0.4) is 0 Å². The lowest BCUT2D eigenvalue weighted by molar-refractivity contribution is 0.392. The van der Waals surface area contributed by atoms with Crippen LogP contribution in [0.1, 0.15) is 195 Å². The van der Waals surface area contributed by atoms with Crippen LogP contribution < -0.4 is 0 Å². The van der Waals surface area contributed by atoms with Crippen molar-refractivity contribution in [2.24, 2.45) is 11.8 Å². The van der Waals surface area contributed by atoms with E-state index in [1.807, 2.05) is 0 Å². The second-order valence-corrected chi connectivity index (χ2v) is 11.4. The van der Waals surface area contributed by atoms with E-state index in [0.717, 1.165) is 11.8 Å². The average Bonchev–Trinajstić information content (AvgIpc) is 2.78. The first-order valence-corrected chi connectivity index (χ1v) is 15.7. The molecule has 32 heavy (non-hydrogen) atoms. The van der Waals surface area contributed by atoms with Gasteiger partial charge < -0.3 is 0 Å². The van der Waals surface area contributed by atoms with E-state index in [-0.39, 0.29) is 0 Å². The lowest BCUT2D eigenvalue weighted by Crippen LogP contribution is -1.99. The monoisotopic (exact) mass is 451 g/mol. The Kier molecular flexibility index (Phi) is 27.2. The van der Waals surface area contributed by atoms with E-state index in [9.17, 15) is 0 Å². The SMILES string of the molecule is CCCCCCCCCCCCCCCCCCCCC(C)CCCC(C)CCCCC. The van der Waals surface area contributed by atoms with Crippen molar-refractivity contribution in [3.05, 3.63) is 0 Å². The van der Waals surface area contributed by atoms with Gasteiger partial charge in [0, 0.05) is 0 Å². The summed E-state index contributed by atoms with van der Waals surface area (Å²) in [7, 11) is 0. The van der Waals surface area contributed by atoms with E-state index in [2.05, 4.69) is 27.7 Å². The van der Waals surface area contributed by atoms with Crippen molar-refractivity contribution in [1.29, 1.82) is 0 Å². The predicted molar refractivity (Wildman–Crippen MR) is 150 cm³/mol. The minimum atomic E-state index is 0.957. The van der Waals surface area contributed by atoms with E-state index in [1.165, 1.54) is 167 Å². The predicted octanol–water partition coefficient (Wildman–Crippen LogP) is 12.4. The van der Waals surface area contributed by atoms with E-state index in [4.69, 9.17) is 0 Å². The molecule has 0 aromatic heterocycles. The summed E-state index contributed by atoms with van der Waals surface area (Å²) in [5.41, 5.74) is 0. The molecule has 0 aliphatic heterocycles. The molecule has 0 heterocycles. The number of unbranched alkanes of at least 4 members (excludes halogenated alkanes) is 19. The largest absolute Gasteiger partial charge is 0.0654 e. The van der Waals surface area contributed by atoms with E-state index >= 15 is 0 Å². The molecule has 2 atom stereocenters. The van der Waals surface area contributed by atoms with Gasteiger partial charge in [-0.25, -0.2) is 0 Å². The van der Waals surface area contributed by atoms with Crippen LogP contribution in [0.5, 0.6) is 0 Å². The molecule has 0 nitrogen and oxygen atoms in total. The molecule has 0 amide bonds. The maximum absolute atomic E-state index is 2.50. The molecule has 194 valence electrons. The minimum absolute atomic E-state index is 0.957. The molecule has 0 rings (SSSR count). The molecular weight excluding hydrogens is 384 g/mol. The highest BCUT2D eigenvalue weighted by Crippen LogP contribution is 2.21. The summed E-state index contributed by atoms with van der Waals surface area (Å²) in [6, 6.07) is 0.